The molecule has 2 amide bonds. The molecular formula is C20H29N9O4. The average molecular weight is 460 g/mol. The van der Waals surface area contributed by atoms with Gasteiger partial charge in [0.1, 0.15) is 5.82 Å². The maximum atomic E-state index is 12.6. The zero-order valence-electron chi connectivity index (χ0n) is 18.2. The van der Waals surface area contributed by atoms with Crippen molar-refractivity contribution < 1.29 is 14.3 Å². The smallest absolute Gasteiger partial charge is 0.351 e. The second-order valence-corrected chi connectivity index (χ2v) is 7.45. The number of nitrogen functional groups attached to an aromatic ring is 1. The third kappa shape index (κ3) is 7.34. The summed E-state index contributed by atoms with van der Waals surface area (Å²) >= 11 is 0. The molecule has 2 rings (SSSR count). The van der Waals surface area contributed by atoms with Crippen LogP contribution in [0, 0.1) is 17.8 Å². The summed E-state index contributed by atoms with van der Waals surface area (Å²) in [5.74, 6) is 1.29. The maximum absolute atomic E-state index is 12.6. The summed E-state index contributed by atoms with van der Waals surface area (Å²) in [4.78, 5) is 42.4. The number of terminal acetylenes is 1. The molecule has 0 fully saturated rings. The van der Waals surface area contributed by atoms with Gasteiger partial charge in [0, 0.05) is 32.3 Å². The monoisotopic (exact) mass is 459 g/mol. The van der Waals surface area contributed by atoms with Crippen LogP contribution in [0.5, 0.6) is 0 Å². The van der Waals surface area contributed by atoms with Crippen molar-refractivity contribution in [1.29, 1.82) is 5.41 Å². The highest BCUT2D eigenvalue weighted by Gasteiger charge is 2.35. The number of hydrogen-bond acceptors (Lipinski definition) is 8. The largest absolute Gasteiger partial charge is 0.383 e. The number of carbonyl (C=O) groups is 2. The van der Waals surface area contributed by atoms with Gasteiger partial charge in [-0.1, -0.05) is 12.0 Å². The van der Waals surface area contributed by atoms with E-state index >= 15 is 0 Å². The van der Waals surface area contributed by atoms with Gasteiger partial charge in [0.05, 0.1) is 12.6 Å². The fraction of sp³-hybridized carbons (Fsp3) is 0.450. The van der Waals surface area contributed by atoms with Crippen LogP contribution in [-0.4, -0.2) is 70.5 Å². The molecule has 13 nitrogen and oxygen atoms in total. The van der Waals surface area contributed by atoms with E-state index in [0.717, 1.165) is 4.57 Å². The van der Waals surface area contributed by atoms with E-state index in [4.69, 9.17) is 33.8 Å². The van der Waals surface area contributed by atoms with Gasteiger partial charge in [-0.05, 0) is 18.6 Å². The Hall–Kier alpha value is -3.89. The van der Waals surface area contributed by atoms with Gasteiger partial charge in [-0.15, -0.1) is 6.42 Å². The molecule has 0 saturated heterocycles. The summed E-state index contributed by atoms with van der Waals surface area (Å²) in [6, 6.07) is 0.113. The van der Waals surface area contributed by atoms with Crippen LogP contribution in [0.4, 0.5) is 5.82 Å². The molecule has 33 heavy (non-hydrogen) atoms. The molecule has 1 aromatic heterocycles. The number of nitrogens with zero attached hydrogens (tertiary/aromatic N) is 3. The summed E-state index contributed by atoms with van der Waals surface area (Å²) in [5.41, 5.74) is 16.2. The van der Waals surface area contributed by atoms with Gasteiger partial charge in [0.2, 0.25) is 5.91 Å². The first kappa shape index (κ1) is 25.4. The highest BCUT2D eigenvalue weighted by atomic mass is 16.5. The van der Waals surface area contributed by atoms with E-state index in [1.165, 1.54) is 23.2 Å². The molecule has 0 aliphatic carbocycles. The fourth-order valence-electron chi connectivity index (χ4n) is 3.03. The fourth-order valence-corrected chi connectivity index (χ4v) is 3.03. The zero-order valence-corrected chi connectivity index (χ0v) is 18.2. The molecule has 0 saturated carbocycles. The first-order valence-corrected chi connectivity index (χ1v) is 10.1. The molecule has 1 aliphatic heterocycles. The van der Waals surface area contributed by atoms with Crippen LogP contribution in [0.3, 0.4) is 0 Å². The molecule has 4 atom stereocenters. The normalized spacial score (nSPS) is 20.3. The Morgan fingerprint density at radius 3 is 2.82 bits per heavy atom. The Morgan fingerprint density at radius 1 is 1.45 bits per heavy atom. The number of nitrogens with one attached hydrogen (secondary N) is 3. The van der Waals surface area contributed by atoms with Gasteiger partial charge in [-0.3, -0.25) is 19.6 Å². The lowest BCUT2D eigenvalue weighted by Crippen LogP contribution is -2.54. The van der Waals surface area contributed by atoms with Gasteiger partial charge in [-0.25, -0.2) is 4.79 Å². The molecule has 0 unspecified atom stereocenters. The van der Waals surface area contributed by atoms with Crippen LogP contribution < -0.4 is 33.5 Å². The van der Waals surface area contributed by atoms with Crippen LogP contribution in [0.15, 0.2) is 29.2 Å². The van der Waals surface area contributed by atoms with E-state index in [-0.39, 0.29) is 24.7 Å². The number of guanidine groups is 1. The molecule has 0 aromatic carbocycles. The van der Waals surface area contributed by atoms with E-state index in [0.29, 0.717) is 13.0 Å². The van der Waals surface area contributed by atoms with Crippen molar-refractivity contribution in [2.75, 3.05) is 25.9 Å². The second kappa shape index (κ2) is 11.7. The van der Waals surface area contributed by atoms with Gasteiger partial charge in [-0.2, -0.15) is 4.98 Å². The number of carbonyl (C=O) groups excluding carboxylic acids is 2. The Labute approximate surface area is 190 Å². The van der Waals surface area contributed by atoms with E-state index in [1.54, 1.807) is 13.1 Å². The number of ether oxygens (including phenoxy) is 1. The molecule has 9 N–H and O–H groups in total. The van der Waals surface area contributed by atoms with Crippen LogP contribution in [0.25, 0.3) is 0 Å². The number of aromatic nitrogens is 2. The van der Waals surface area contributed by atoms with Crippen LogP contribution in [0.1, 0.15) is 19.1 Å². The number of hydrogen-bond donors (Lipinski definition) is 6. The van der Waals surface area contributed by atoms with Crippen molar-refractivity contribution in [3.05, 3.63) is 34.9 Å². The highest BCUT2D eigenvalue weighted by Crippen LogP contribution is 2.21. The maximum Gasteiger partial charge on any atom is 0.351 e. The second-order valence-electron chi connectivity index (χ2n) is 7.45. The van der Waals surface area contributed by atoms with E-state index in [1.807, 2.05) is 0 Å². The van der Waals surface area contributed by atoms with Crippen LogP contribution >= 0.6 is 0 Å². The molecule has 1 aliphatic rings. The van der Waals surface area contributed by atoms with Crippen LogP contribution in [0.2, 0.25) is 0 Å². The molecule has 0 bridgehead atoms. The summed E-state index contributed by atoms with van der Waals surface area (Å²) in [6.07, 6.45) is 8.00. The Kier molecular flexibility index (Phi) is 8.96. The molecule has 1 aromatic rings. The lowest BCUT2D eigenvalue weighted by Gasteiger charge is -2.32. The van der Waals surface area contributed by atoms with E-state index in [2.05, 4.69) is 21.5 Å². The number of rotatable bonds is 9. The van der Waals surface area contributed by atoms with Crippen molar-refractivity contribution in [1.82, 2.24) is 25.1 Å². The third-order valence-corrected chi connectivity index (χ3v) is 4.87. The predicted molar refractivity (Wildman–Crippen MR) is 121 cm³/mol. The first-order chi connectivity index (χ1) is 15.6. The number of nitrogens with two attached hydrogens (primary N) is 3. The lowest BCUT2D eigenvalue weighted by molar-refractivity contribution is -0.142. The first-order valence-electron chi connectivity index (χ1n) is 10.1. The number of amides is 2. The van der Waals surface area contributed by atoms with E-state index in [9.17, 15) is 14.4 Å². The molecule has 0 spiro atoms. The Morgan fingerprint density at radius 2 is 2.18 bits per heavy atom. The van der Waals surface area contributed by atoms with Crippen molar-refractivity contribution in [3.8, 4) is 12.3 Å². The predicted octanol–water partition coefficient (Wildman–Crippen LogP) is -2.55. The minimum Gasteiger partial charge on any atom is -0.383 e. The van der Waals surface area contributed by atoms with Gasteiger partial charge in [0.25, 0.3) is 5.91 Å². The number of anilines is 1. The standard InChI is InChI=1S/C20H29N9O4/c1-3-8-25-18(31)17-13(26-15(30)11-12(21)6-9-28(2)19(23)24)4-5-16(33-17)29-10-7-14(22)27-20(29)32/h1,4-5,7,10,12-13,16-17H,6,8-9,11,21H2,2H3,(H3,23,24)(H,25,31)(H,26,30)(H2,22,27,32)/t12-,13-,16+,17-/m0/s1. The van der Waals surface area contributed by atoms with Crippen molar-refractivity contribution in [2.24, 2.45) is 11.5 Å². The zero-order chi connectivity index (χ0) is 24.5. The summed E-state index contributed by atoms with van der Waals surface area (Å²) in [6.45, 7) is 0.380. The van der Waals surface area contributed by atoms with Crippen molar-refractivity contribution in [3.63, 3.8) is 0 Å². The quantitative estimate of drug-likeness (QED) is 0.0992. The third-order valence-electron chi connectivity index (χ3n) is 4.87. The molecule has 178 valence electrons. The van der Waals surface area contributed by atoms with Gasteiger partial charge in [0.15, 0.2) is 18.3 Å². The van der Waals surface area contributed by atoms with Crippen molar-refractivity contribution in [2.45, 2.75) is 37.3 Å². The average Bonchev–Trinajstić information content (AvgIpc) is 2.76. The molecule has 13 heteroatoms. The van der Waals surface area contributed by atoms with Gasteiger partial charge < -0.3 is 37.5 Å². The van der Waals surface area contributed by atoms with E-state index < -0.39 is 41.9 Å². The Bertz CT molecular complexity index is 1000. The topological polar surface area (TPSA) is 207 Å². The van der Waals surface area contributed by atoms with Crippen molar-refractivity contribution >= 4 is 23.6 Å². The summed E-state index contributed by atoms with van der Waals surface area (Å²) in [7, 11) is 1.65. The SMILES string of the molecule is C#CCNC(=O)[C@H]1O[C@@H](n2ccc(N)nc2=O)C=C[C@@H]1NC(=O)C[C@@H](N)CCN(C)C(=N)N. The Balaban J connectivity index is 2.10. The summed E-state index contributed by atoms with van der Waals surface area (Å²) < 4.78 is 6.96. The molecular weight excluding hydrogens is 430 g/mol. The minimum atomic E-state index is -1.16. The molecule has 0 radical (unpaired) electrons. The minimum absolute atomic E-state index is 0.0143. The molecule has 2 heterocycles. The van der Waals surface area contributed by atoms with Gasteiger partial charge >= 0.3 is 5.69 Å². The summed E-state index contributed by atoms with van der Waals surface area (Å²) in [5, 5.41) is 12.6. The highest BCUT2D eigenvalue weighted by molar-refractivity contribution is 5.84. The lowest BCUT2D eigenvalue weighted by atomic mass is 10.0. The van der Waals surface area contributed by atoms with Crippen LogP contribution in [-0.2, 0) is 14.3 Å².